The van der Waals surface area contributed by atoms with Gasteiger partial charge in [-0.05, 0) is 0 Å². The summed E-state index contributed by atoms with van der Waals surface area (Å²) in [5.74, 6) is -1.77. The van der Waals surface area contributed by atoms with Gasteiger partial charge in [-0.3, -0.25) is 0 Å². The fraction of sp³-hybridized carbons (Fsp3) is 0.469. The van der Waals surface area contributed by atoms with Crippen molar-refractivity contribution in [2.45, 2.75) is 101 Å². The number of rotatable bonds is 19. The van der Waals surface area contributed by atoms with Crippen molar-refractivity contribution in [1.82, 2.24) is 19.1 Å². The minimum absolute atomic E-state index is 0.0781. The van der Waals surface area contributed by atoms with Crippen LogP contribution in [0.1, 0.15) is 55.5 Å². The van der Waals surface area contributed by atoms with Crippen LogP contribution < -0.4 is 32.0 Å². The van der Waals surface area contributed by atoms with Crippen molar-refractivity contribution in [3.05, 3.63) is 161 Å². The molecule has 0 bridgehead atoms. The van der Waals surface area contributed by atoms with E-state index in [4.69, 9.17) is 46.6 Å². The first-order valence-corrected chi connectivity index (χ1v) is 29.9. The molecule has 21 heteroatoms. The normalized spacial score (nSPS) is 23.8. The molecular formula is C49H63N4O14PSeSi. The summed E-state index contributed by atoms with van der Waals surface area (Å²) >= 11 is 3.15. The van der Waals surface area contributed by atoms with E-state index < -0.39 is 91.5 Å². The molecule has 378 valence electrons. The van der Waals surface area contributed by atoms with Crippen LogP contribution in [0.15, 0.2) is 117 Å². The summed E-state index contributed by atoms with van der Waals surface area (Å²) in [4.78, 5) is 56.1. The molecule has 0 aliphatic carbocycles. The summed E-state index contributed by atoms with van der Waals surface area (Å²) in [5.41, 5.74) is -1.03. The third kappa shape index (κ3) is 11.1. The molecule has 2 N–H and O–H groups in total. The molecule has 3 aromatic carbocycles. The van der Waals surface area contributed by atoms with Crippen LogP contribution in [0.5, 0.6) is 11.5 Å². The second-order valence-electron chi connectivity index (χ2n) is 18.8. The summed E-state index contributed by atoms with van der Waals surface area (Å²) in [6.07, 6.45) is -4.39. The molecular weight excluding hydrogens is 1010 g/mol. The van der Waals surface area contributed by atoms with E-state index in [-0.39, 0.29) is 18.3 Å². The number of H-pyrrole nitrogens is 2. The van der Waals surface area contributed by atoms with Crippen molar-refractivity contribution in [1.29, 1.82) is 0 Å². The molecule has 1 unspecified atom stereocenters. The molecule has 2 aromatic heterocycles. The van der Waals surface area contributed by atoms with Gasteiger partial charge in [0.15, 0.2) is 0 Å². The van der Waals surface area contributed by atoms with Crippen LogP contribution in [0.4, 0.5) is 0 Å². The maximum atomic E-state index is 13.4. The Morgan fingerprint density at radius 3 is 1.73 bits per heavy atom. The van der Waals surface area contributed by atoms with Crippen LogP contribution in [-0.2, 0) is 42.8 Å². The zero-order chi connectivity index (χ0) is 50.8. The minimum atomic E-state index is -3.08. The second-order valence-corrected chi connectivity index (χ2v) is 29.8. The average Bonchev–Trinajstić information content (AvgIpc) is 3.85. The predicted octanol–water partition coefficient (Wildman–Crippen LogP) is 5.60. The number of hydrogen-bond acceptors (Lipinski definition) is 14. The summed E-state index contributed by atoms with van der Waals surface area (Å²) in [6, 6.07) is 26.2. The van der Waals surface area contributed by atoms with E-state index in [0.717, 1.165) is 16.7 Å². The fourth-order valence-electron chi connectivity index (χ4n) is 8.57. The van der Waals surface area contributed by atoms with Crippen LogP contribution >= 0.6 is 5.96 Å². The van der Waals surface area contributed by atoms with Crippen LogP contribution in [-0.4, -0.2) is 127 Å². The number of aromatic amines is 2. The van der Waals surface area contributed by atoms with E-state index in [0.29, 0.717) is 17.1 Å². The van der Waals surface area contributed by atoms with Gasteiger partial charge >= 0.3 is 402 Å². The number of methoxy groups -OCH3 is 4. The van der Waals surface area contributed by atoms with Gasteiger partial charge in [0.2, 0.25) is 0 Å². The number of aromatic nitrogens is 4. The van der Waals surface area contributed by atoms with Crippen LogP contribution in [0.25, 0.3) is 0 Å². The van der Waals surface area contributed by atoms with E-state index in [1.54, 1.807) is 27.8 Å². The van der Waals surface area contributed by atoms with Crippen molar-refractivity contribution >= 4 is 29.4 Å². The first-order valence-electron chi connectivity index (χ1n) is 22.7. The van der Waals surface area contributed by atoms with Crippen molar-refractivity contribution in [2.24, 2.45) is 0 Å². The molecule has 0 spiro atoms. The van der Waals surface area contributed by atoms with Crippen molar-refractivity contribution < 1.29 is 46.6 Å². The molecule has 0 amide bonds. The van der Waals surface area contributed by atoms with Crippen molar-refractivity contribution in [3.8, 4) is 11.5 Å². The fourth-order valence-corrected chi connectivity index (χ4v) is 12.1. The van der Waals surface area contributed by atoms with Gasteiger partial charge in [0.25, 0.3) is 0 Å². The Bertz CT molecular complexity index is 2820. The van der Waals surface area contributed by atoms with E-state index >= 15 is 0 Å². The standard InChI is InChI=1S/C49H63N4O14PSeSi/c1-30-27-53(47(57)51-43(30)55)45-42(61-8)40(67-70(10,11)48(2,3)4)37(65-45)29-63-68(9,69)66-39-36(64-44(41(39)60-7)52-26-25-38(54)50-46(52)56)28-62-49(31-15-13-12-14-16-31,32-17-21-34(58-5)22-18-32)33-19-23-35(59-6)24-20-33/h12-27,36-37,39-42,44-45H,28-29H2,1-11H3,(H,50,54,56)(H,51,55,57)/t36-,37-,39-,40-,41-,42-,44-,45-,68?/m1/s1. The van der Waals surface area contributed by atoms with Gasteiger partial charge in [-0.2, -0.15) is 0 Å². The molecule has 70 heavy (non-hydrogen) atoms. The molecule has 18 nitrogen and oxygen atoms in total. The Balaban J connectivity index is 1.26. The van der Waals surface area contributed by atoms with Crippen LogP contribution in [0.3, 0.4) is 0 Å². The first-order chi connectivity index (χ1) is 33.2. The Hall–Kier alpha value is -4.53. The zero-order valence-corrected chi connectivity index (χ0v) is 44.8. The number of hydrogen-bond donors (Lipinski definition) is 2. The van der Waals surface area contributed by atoms with Gasteiger partial charge in [0.1, 0.15) is 0 Å². The Morgan fingerprint density at radius 1 is 0.686 bits per heavy atom. The van der Waals surface area contributed by atoms with E-state index in [9.17, 15) is 19.2 Å². The van der Waals surface area contributed by atoms with Crippen molar-refractivity contribution in [2.75, 3.05) is 48.3 Å². The number of aryl methyl sites for hydroxylation is 1. The van der Waals surface area contributed by atoms with E-state index in [1.807, 2.05) is 78.9 Å². The summed E-state index contributed by atoms with van der Waals surface area (Å²) in [7, 11) is 3.70. The molecule has 9 atom stereocenters. The van der Waals surface area contributed by atoms with Gasteiger partial charge in [-0.1, -0.05) is 0 Å². The van der Waals surface area contributed by atoms with E-state index in [2.05, 4.69) is 58.9 Å². The second kappa shape index (κ2) is 21.7. The van der Waals surface area contributed by atoms with E-state index in [1.165, 1.54) is 41.8 Å². The molecule has 7 rings (SSSR count). The molecule has 0 saturated carbocycles. The molecule has 5 aromatic rings. The first kappa shape index (κ1) is 53.3. The monoisotopic (exact) mass is 1070 g/mol. The SMILES string of the molecule is COc1ccc(C(OC[C@H]2O[C@@H](n3ccc(=O)[nH]c3=O)[C@H](OC)[C@@H]2OP(C)(=[Se])OC[C@H]2O[C@@H](n3cc(C)c(=O)[nH]c3=O)[C@H](OC)[C@@H]2O[Si](C)(C)C(C)(C)C)(c2ccccc2)c2ccc(OC)cc2)cc1. The molecule has 2 aliphatic rings. The quantitative estimate of drug-likeness (QED) is 0.0588. The number of nitrogens with zero attached hydrogens (tertiary/aromatic N) is 2. The maximum absolute atomic E-state index is 13.4. The number of benzene rings is 3. The average molecular weight is 1070 g/mol. The topological polar surface area (TPSA) is 202 Å². The predicted molar refractivity (Wildman–Crippen MR) is 267 cm³/mol. The molecule has 2 aliphatic heterocycles. The van der Waals surface area contributed by atoms with Gasteiger partial charge in [-0.15, -0.1) is 0 Å². The summed E-state index contributed by atoms with van der Waals surface area (Å²) in [5, 5.41) is -0.207. The number of nitrogens with one attached hydrogen (secondary N) is 2. The zero-order valence-electron chi connectivity index (χ0n) is 41.2. The summed E-state index contributed by atoms with van der Waals surface area (Å²) in [6.45, 7) is 13.8. The molecule has 2 fully saturated rings. The van der Waals surface area contributed by atoms with Gasteiger partial charge < -0.3 is 0 Å². The number of ether oxygens (including phenoxy) is 7. The molecule has 4 heterocycles. The third-order valence-electron chi connectivity index (χ3n) is 13.3. The third-order valence-corrected chi connectivity index (χ3v) is 20.2. The Morgan fingerprint density at radius 2 is 1.20 bits per heavy atom. The van der Waals surface area contributed by atoms with Gasteiger partial charge in [0, 0.05) is 0 Å². The van der Waals surface area contributed by atoms with Gasteiger partial charge in [0.05, 0.1) is 14.2 Å². The Kier molecular flexibility index (Phi) is 16.5. The molecule has 0 radical (unpaired) electrons. The molecule has 2 saturated heterocycles. The van der Waals surface area contributed by atoms with Crippen LogP contribution in [0, 0.1) is 6.92 Å². The van der Waals surface area contributed by atoms with Gasteiger partial charge in [-0.25, -0.2) is 0 Å². The Labute approximate surface area is 415 Å². The van der Waals surface area contributed by atoms with Crippen molar-refractivity contribution in [3.63, 3.8) is 0 Å². The summed E-state index contributed by atoms with van der Waals surface area (Å²) < 4.78 is 67.3. The van der Waals surface area contributed by atoms with Crippen LogP contribution in [0.2, 0.25) is 18.1 Å².